The van der Waals surface area contributed by atoms with E-state index in [0.717, 1.165) is 44.7 Å². The smallest absolute Gasteiger partial charge is 0.135 e. The fraction of sp³-hybridized carbons (Fsp3) is 0.122. The zero-order valence-corrected chi connectivity index (χ0v) is 24.5. The molecule has 44 heavy (non-hydrogen) atoms. The Morgan fingerprint density at radius 3 is 1.73 bits per heavy atom. The summed E-state index contributed by atoms with van der Waals surface area (Å²) < 4.78 is 8.55. The van der Waals surface area contributed by atoms with Crippen LogP contribution in [-0.2, 0) is 0 Å². The second kappa shape index (κ2) is 10.2. The zero-order chi connectivity index (χ0) is 29.0. The van der Waals surface area contributed by atoms with Crippen molar-refractivity contribution >= 4 is 60.8 Å². The van der Waals surface area contributed by atoms with Gasteiger partial charge >= 0.3 is 0 Å². The Hall–Kier alpha value is -5.28. The first-order valence-electron chi connectivity index (χ1n) is 15.7. The summed E-state index contributed by atoms with van der Waals surface area (Å²) in [5.41, 5.74) is 10.3. The monoisotopic (exact) mass is 568 g/mol. The van der Waals surface area contributed by atoms with E-state index in [1.807, 2.05) is 12.1 Å². The lowest BCUT2D eigenvalue weighted by atomic mass is 9.97. The van der Waals surface area contributed by atoms with Gasteiger partial charge in [-0.15, -0.1) is 0 Å². The molecule has 0 N–H and O–H groups in total. The Morgan fingerprint density at radius 2 is 1.05 bits per heavy atom. The third-order valence-corrected chi connectivity index (χ3v) is 9.54. The van der Waals surface area contributed by atoms with Crippen molar-refractivity contribution in [2.24, 2.45) is 0 Å². The van der Waals surface area contributed by atoms with Crippen LogP contribution in [0.1, 0.15) is 37.2 Å². The van der Waals surface area contributed by atoms with E-state index in [1.165, 1.54) is 53.1 Å². The van der Waals surface area contributed by atoms with Crippen molar-refractivity contribution in [1.29, 1.82) is 0 Å². The SMILES string of the molecule is c1ccc2c(c1)oc1ccc(N(c3ccc(C4CCCC4)cc3)c3ccc(-n4c5ccccc5c5ccccc54)cc3)cc12. The van der Waals surface area contributed by atoms with Gasteiger partial charge in [0.15, 0.2) is 0 Å². The summed E-state index contributed by atoms with van der Waals surface area (Å²) in [7, 11) is 0. The van der Waals surface area contributed by atoms with E-state index in [1.54, 1.807) is 0 Å². The van der Waals surface area contributed by atoms with Gasteiger partial charge in [-0.2, -0.15) is 0 Å². The molecule has 0 saturated heterocycles. The molecule has 2 heterocycles. The molecule has 3 nitrogen and oxygen atoms in total. The zero-order valence-electron chi connectivity index (χ0n) is 24.5. The normalized spacial score (nSPS) is 13.9. The predicted molar refractivity (Wildman–Crippen MR) is 184 cm³/mol. The second-order valence-corrected chi connectivity index (χ2v) is 12.1. The molecule has 0 amide bonds. The third kappa shape index (κ3) is 4.04. The molecule has 3 heteroatoms. The van der Waals surface area contributed by atoms with Gasteiger partial charge in [0.05, 0.1) is 11.0 Å². The molecular formula is C41H32N2O. The highest BCUT2D eigenvalue weighted by molar-refractivity contribution is 6.09. The van der Waals surface area contributed by atoms with Gasteiger partial charge < -0.3 is 13.9 Å². The van der Waals surface area contributed by atoms with Gasteiger partial charge in [-0.25, -0.2) is 0 Å². The number of nitrogens with zero attached hydrogens (tertiary/aromatic N) is 2. The fourth-order valence-corrected chi connectivity index (χ4v) is 7.41. The van der Waals surface area contributed by atoms with E-state index in [2.05, 4.69) is 137 Å². The summed E-state index contributed by atoms with van der Waals surface area (Å²) in [6.45, 7) is 0. The fourth-order valence-electron chi connectivity index (χ4n) is 7.41. The van der Waals surface area contributed by atoms with E-state index in [0.29, 0.717) is 5.92 Å². The number of para-hydroxylation sites is 3. The molecule has 1 aliphatic carbocycles. The maximum absolute atomic E-state index is 6.18. The van der Waals surface area contributed by atoms with Crippen LogP contribution < -0.4 is 4.90 Å². The molecule has 0 radical (unpaired) electrons. The Morgan fingerprint density at radius 1 is 0.500 bits per heavy atom. The number of aromatic nitrogens is 1. The lowest BCUT2D eigenvalue weighted by Gasteiger charge is -2.26. The van der Waals surface area contributed by atoms with E-state index in [-0.39, 0.29) is 0 Å². The summed E-state index contributed by atoms with van der Waals surface area (Å²) in [6.07, 6.45) is 5.29. The molecule has 9 rings (SSSR count). The van der Waals surface area contributed by atoms with Crippen molar-refractivity contribution in [1.82, 2.24) is 4.57 Å². The minimum absolute atomic E-state index is 0.691. The van der Waals surface area contributed by atoms with Crippen LogP contribution in [0.3, 0.4) is 0 Å². The molecule has 1 aliphatic rings. The highest BCUT2D eigenvalue weighted by atomic mass is 16.3. The minimum atomic E-state index is 0.691. The molecule has 0 aliphatic heterocycles. The largest absolute Gasteiger partial charge is 0.456 e. The molecule has 0 atom stereocenters. The molecule has 2 aromatic heterocycles. The molecule has 212 valence electrons. The van der Waals surface area contributed by atoms with Gasteiger partial charge in [-0.05, 0) is 97.1 Å². The van der Waals surface area contributed by atoms with E-state index in [9.17, 15) is 0 Å². The number of benzene rings is 6. The first kappa shape index (κ1) is 25.2. The van der Waals surface area contributed by atoms with Gasteiger partial charge in [-0.1, -0.05) is 79.6 Å². The maximum atomic E-state index is 6.18. The molecule has 1 fully saturated rings. The van der Waals surface area contributed by atoms with Crippen LogP contribution >= 0.6 is 0 Å². The van der Waals surface area contributed by atoms with Crippen LogP contribution in [0.4, 0.5) is 17.1 Å². The van der Waals surface area contributed by atoms with Gasteiger partial charge in [0.2, 0.25) is 0 Å². The average Bonchev–Trinajstić information content (AvgIpc) is 3.82. The van der Waals surface area contributed by atoms with Gasteiger partial charge in [-0.3, -0.25) is 0 Å². The number of furan rings is 1. The van der Waals surface area contributed by atoms with Gasteiger partial charge in [0, 0.05) is 44.3 Å². The van der Waals surface area contributed by atoms with Crippen molar-refractivity contribution in [2.75, 3.05) is 4.90 Å². The molecule has 1 saturated carbocycles. The standard InChI is InChI=1S/C41H32N2O/c1-2-10-28(9-1)29-17-19-30(20-18-29)42(33-25-26-41-37(27-33)36-13-5-8-16-40(36)44-41)31-21-23-32(24-22-31)43-38-14-6-3-11-34(38)35-12-4-7-15-39(35)43/h3-8,11-28H,1-2,9-10H2. The van der Waals surface area contributed by atoms with Gasteiger partial charge in [0.1, 0.15) is 11.2 Å². The summed E-state index contributed by atoms with van der Waals surface area (Å²) in [6, 6.07) is 50.5. The number of hydrogen-bond acceptors (Lipinski definition) is 2. The Kier molecular flexibility index (Phi) is 5.83. The number of hydrogen-bond donors (Lipinski definition) is 0. The van der Waals surface area contributed by atoms with Crippen LogP contribution in [0, 0.1) is 0 Å². The lowest BCUT2D eigenvalue weighted by molar-refractivity contribution is 0.669. The van der Waals surface area contributed by atoms with Crippen LogP contribution in [0.5, 0.6) is 0 Å². The van der Waals surface area contributed by atoms with Crippen molar-refractivity contribution in [2.45, 2.75) is 31.6 Å². The van der Waals surface area contributed by atoms with Crippen molar-refractivity contribution in [3.63, 3.8) is 0 Å². The third-order valence-electron chi connectivity index (χ3n) is 9.54. The highest BCUT2D eigenvalue weighted by Crippen LogP contribution is 2.41. The first-order valence-corrected chi connectivity index (χ1v) is 15.7. The van der Waals surface area contributed by atoms with E-state index >= 15 is 0 Å². The summed E-state index contributed by atoms with van der Waals surface area (Å²) in [5.74, 6) is 0.691. The van der Waals surface area contributed by atoms with Crippen molar-refractivity contribution in [3.8, 4) is 5.69 Å². The van der Waals surface area contributed by atoms with Crippen LogP contribution in [0.2, 0.25) is 0 Å². The lowest BCUT2D eigenvalue weighted by Crippen LogP contribution is -2.10. The van der Waals surface area contributed by atoms with Crippen LogP contribution in [0.15, 0.2) is 144 Å². The molecule has 0 unspecified atom stereocenters. The first-order chi connectivity index (χ1) is 21.8. The number of rotatable bonds is 5. The topological polar surface area (TPSA) is 21.3 Å². The van der Waals surface area contributed by atoms with Crippen molar-refractivity contribution in [3.05, 3.63) is 145 Å². The molecule has 8 aromatic rings. The molecular weight excluding hydrogens is 536 g/mol. The van der Waals surface area contributed by atoms with Crippen LogP contribution in [0.25, 0.3) is 49.4 Å². The molecule has 0 bridgehead atoms. The summed E-state index contributed by atoms with van der Waals surface area (Å²) >= 11 is 0. The number of fused-ring (bicyclic) bond motifs is 6. The highest BCUT2D eigenvalue weighted by Gasteiger charge is 2.20. The second-order valence-electron chi connectivity index (χ2n) is 12.1. The summed E-state index contributed by atoms with van der Waals surface area (Å²) in [4.78, 5) is 2.37. The predicted octanol–water partition coefficient (Wildman–Crippen LogP) is 11.8. The maximum Gasteiger partial charge on any atom is 0.135 e. The Balaban J connectivity index is 1.18. The molecule has 6 aromatic carbocycles. The quantitative estimate of drug-likeness (QED) is 0.206. The average molecular weight is 569 g/mol. The van der Waals surface area contributed by atoms with E-state index < -0.39 is 0 Å². The van der Waals surface area contributed by atoms with Crippen LogP contribution in [-0.4, -0.2) is 4.57 Å². The van der Waals surface area contributed by atoms with Gasteiger partial charge in [0.25, 0.3) is 0 Å². The Bertz CT molecular complexity index is 2230. The summed E-state index contributed by atoms with van der Waals surface area (Å²) in [5, 5.41) is 4.82. The Labute approximate surface area is 256 Å². The minimum Gasteiger partial charge on any atom is -0.456 e. The van der Waals surface area contributed by atoms with E-state index in [4.69, 9.17) is 4.42 Å². The number of anilines is 3. The molecule has 0 spiro atoms. The van der Waals surface area contributed by atoms with Crippen molar-refractivity contribution < 1.29 is 4.42 Å².